The minimum atomic E-state index is -0.560. The summed E-state index contributed by atoms with van der Waals surface area (Å²) < 4.78 is 10.1. The summed E-state index contributed by atoms with van der Waals surface area (Å²) in [4.78, 5) is 23.8. The molecule has 0 aliphatic rings. The van der Waals surface area contributed by atoms with Gasteiger partial charge in [-0.2, -0.15) is 0 Å². The molecule has 0 aromatic heterocycles. The van der Waals surface area contributed by atoms with Gasteiger partial charge in [0, 0.05) is 11.6 Å². The molecule has 0 spiro atoms. The van der Waals surface area contributed by atoms with Gasteiger partial charge in [0.25, 0.3) is 0 Å². The molecule has 24 heavy (non-hydrogen) atoms. The fourth-order valence-corrected chi connectivity index (χ4v) is 2.09. The molecule has 2 rings (SSSR count). The van der Waals surface area contributed by atoms with E-state index < -0.39 is 5.97 Å². The van der Waals surface area contributed by atoms with Gasteiger partial charge in [-0.3, -0.25) is 4.79 Å². The number of rotatable bonds is 6. The summed E-state index contributed by atoms with van der Waals surface area (Å²) in [6, 6.07) is 12.7. The largest absolute Gasteiger partial charge is 0.497 e. The van der Waals surface area contributed by atoms with Gasteiger partial charge in [-0.25, -0.2) is 4.79 Å². The van der Waals surface area contributed by atoms with E-state index in [9.17, 15) is 9.59 Å². The van der Waals surface area contributed by atoms with Crippen LogP contribution in [-0.2, 0) is 9.53 Å². The normalized spacial score (nSPS) is 10.6. The third-order valence-electron chi connectivity index (χ3n) is 3.68. The van der Waals surface area contributed by atoms with Crippen LogP contribution in [0.25, 0.3) is 6.08 Å². The van der Waals surface area contributed by atoms with Crippen LogP contribution in [0.1, 0.15) is 27.0 Å². The van der Waals surface area contributed by atoms with Gasteiger partial charge in [0.05, 0.1) is 7.11 Å². The van der Waals surface area contributed by atoms with E-state index in [1.807, 2.05) is 38.1 Å². The zero-order valence-corrected chi connectivity index (χ0v) is 14.0. The van der Waals surface area contributed by atoms with Gasteiger partial charge in [-0.1, -0.05) is 24.3 Å². The maximum absolute atomic E-state index is 12.1. The number of hydrogen-bond donors (Lipinski definition) is 0. The number of esters is 1. The van der Waals surface area contributed by atoms with Crippen molar-refractivity contribution in [2.45, 2.75) is 13.8 Å². The molecule has 4 nitrogen and oxygen atoms in total. The maximum Gasteiger partial charge on any atom is 0.331 e. The first-order chi connectivity index (χ1) is 11.5. The molecule has 0 aliphatic carbocycles. The molecular formula is C20H20O4. The molecule has 0 saturated carbocycles. The van der Waals surface area contributed by atoms with Crippen molar-refractivity contribution in [1.82, 2.24) is 0 Å². The fourth-order valence-electron chi connectivity index (χ4n) is 2.09. The number of benzene rings is 2. The Morgan fingerprint density at radius 2 is 1.83 bits per heavy atom. The molecule has 4 heteroatoms. The predicted octanol–water partition coefficient (Wildman–Crippen LogP) is 3.75. The predicted molar refractivity (Wildman–Crippen MR) is 93.2 cm³/mol. The Morgan fingerprint density at radius 3 is 2.54 bits per heavy atom. The average molecular weight is 324 g/mol. The van der Waals surface area contributed by atoms with Crippen LogP contribution in [0.2, 0.25) is 0 Å². The summed E-state index contributed by atoms with van der Waals surface area (Å²) in [6.07, 6.45) is 2.91. The summed E-state index contributed by atoms with van der Waals surface area (Å²) in [7, 11) is 1.58. The standard InChI is InChI=1S/C20H20O4/c1-14-7-9-17(11-15(14)2)19(21)13-24-20(22)10-8-16-5-4-6-18(12-16)23-3/h4-12H,13H2,1-3H3/b10-8+. The minimum Gasteiger partial charge on any atom is -0.497 e. The average Bonchev–Trinajstić information content (AvgIpc) is 2.60. The molecule has 0 unspecified atom stereocenters. The van der Waals surface area contributed by atoms with E-state index in [-0.39, 0.29) is 12.4 Å². The molecule has 0 radical (unpaired) electrons. The van der Waals surface area contributed by atoms with Crippen LogP contribution < -0.4 is 4.74 Å². The molecule has 0 fully saturated rings. The Hall–Kier alpha value is -2.88. The highest BCUT2D eigenvalue weighted by Gasteiger charge is 2.09. The number of carbonyl (C=O) groups is 2. The van der Waals surface area contributed by atoms with Gasteiger partial charge in [0.1, 0.15) is 5.75 Å². The third-order valence-corrected chi connectivity index (χ3v) is 3.68. The van der Waals surface area contributed by atoms with Gasteiger partial charge in [-0.05, 0) is 54.8 Å². The van der Waals surface area contributed by atoms with Crippen LogP contribution in [0.5, 0.6) is 5.75 Å². The number of aryl methyl sites for hydroxylation is 2. The molecule has 0 heterocycles. The highest BCUT2D eigenvalue weighted by atomic mass is 16.5. The van der Waals surface area contributed by atoms with Crippen LogP contribution >= 0.6 is 0 Å². The van der Waals surface area contributed by atoms with Crippen molar-refractivity contribution in [1.29, 1.82) is 0 Å². The van der Waals surface area contributed by atoms with Crippen molar-refractivity contribution >= 4 is 17.8 Å². The second kappa shape index (κ2) is 8.11. The Bertz CT molecular complexity index is 775. The van der Waals surface area contributed by atoms with Crippen molar-refractivity contribution in [2.75, 3.05) is 13.7 Å². The number of methoxy groups -OCH3 is 1. The molecule has 0 aliphatic heterocycles. The highest BCUT2D eigenvalue weighted by molar-refractivity contribution is 5.99. The maximum atomic E-state index is 12.1. The van der Waals surface area contributed by atoms with Gasteiger partial charge in [0.2, 0.25) is 0 Å². The van der Waals surface area contributed by atoms with E-state index in [2.05, 4.69) is 0 Å². The Balaban J connectivity index is 1.91. The van der Waals surface area contributed by atoms with E-state index in [1.54, 1.807) is 31.4 Å². The molecule has 0 saturated heterocycles. The van der Waals surface area contributed by atoms with Gasteiger partial charge < -0.3 is 9.47 Å². The Morgan fingerprint density at radius 1 is 1.04 bits per heavy atom. The molecule has 0 bridgehead atoms. The van der Waals surface area contributed by atoms with Crippen LogP contribution in [0, 0.1) is 13.8 Å². The van der Waals surface area contributed by atoms with E-state index in [4.69, 9.17) is 9.47 Å². The minimum absolute atomic E-state index is 0.221. The van der Waals surface area contributed by atoms with E-state index >= 15 is 0 Å². The first-order valence-corrected chi connectivity index (χ1v) is 7.59. The van der Waals surface area contributed by atoms with E-state index in [1.165, 1.54) is 6.08 Å². The summed E-state index contributed by atoms with van der Waals surface area (Å²) in [5.41, 5.74) is 3.50. The lowest BCUT2D eigenvalue weighted by molar-refractivity contribution is -0.136. The van der Waals surface area contributed by atoms with Crippen LogP contribution in [0.15, 0.2) is 48.5 Å². The number of carbonyl (C=O) groups excluding carboxylic acids is 2. The van der Waals surface area contributed by atoms with Crippen molar-refractivity contribution in [2.24, 2.45) is 0 Å². The SMILES string of the molecule is COc1cccc(/C=C/C(=O)OCC(=O)c2ccc(C)c(C)c2)c1. The quantitative estimate of drug-likeness (QED) is 0.461. The summed E-state index contributed by atoms with van der Waals surface area (Å²) in [5.74, 6) is -0.0772. The molecule has 2 aromatic rings. The van der Waals surface area contributed by atoms with Crippen molar-refractivity contribution in [3.63, 3.8) is 0 Å². The lowest BCUT2D eigenvalue weighted by Gasteiger charge is -2.05. The first-order valence-electron chi connectivity index (χ1n) is 7.59. The Kier molecular flexibility index (Phi) is 5.90. The van der Waals surface area contributed by atoms with E-state index in [0.717, 1.165) is 16.7 Å². The lowest BCUT2D eigenvalue weighted by Crippen LogP contribution is -2.12. The fraction of sp³-hybridized carbons (Fsp3) is 0.200. The topological polar surface area (TPSA) is 52.6 Å². The van der Waals surface area contributed by atoms with E-state index in [0.29, 0.717) is 11.3 Å². The lowest BCUT2D eigenvalue weighted by atomic mass is 10.0. The summed E-state index contributed by atoms with van der Waals surface area (Å²) >= 11 is 0. The molecule has 2 aromatic carbocycles. The number of Topliss-reactive ketones (excluding diaryl/α,β-unsaturated/α-hetero) is 1. The Labute approximate surface area is 141 Å². The van der Waals surface area contributed by atoms with Crippen LogP contribution in [0.4, 0.5) is 0 Å². The summed E-state index contributed by atoms with van der Waals surface area (Å²) in [6.45, 7) is 3.64. The van der Waals surface area contributed by atoms with Crippen molar-refractivity contribution < 1.29 is 19.1 Å². The van der Waals surface area contributed by atoms with Crippen molar-refractivity contribution in [3.8, 4) is 5.75 Å². The van der Waals surface area contributed by atoms with Crippen LogP contribution in [0.3, 0.4) is 0 Å². The summed E-state index contributed by atoms with van der Waals surface area (Å²) in [5, 5.41) is 0. The molecular weight excluding hydrogens is 304 g/mol. The monoisotopic (exact) mass is 324 g/mol. The highest BCUT2D eigenvalue weighted by Crippen LogP contribution is 2.14. The molecule has 0 amide bonds. The number of ketones is 1. The number of ether oxygens (including phenoxy) is 2. The second-order valence-electron chi connectivity index (χ2n) is 5.44. The molecule has 0 N–H and O–H groups in total. The van der Waals surface area contributed by atoms with Crippen molar-refractivity contribution in [3.05, 3.63) is 70.8 Å². The zero-order valence-electron chi connectivity index (χ0n) is 14.0. The van der Waals surface area contributed by atoms with Gasteiger partial charge in [-0.15, -0.1) is 0 Å². The second-order valence-corrected chi connectivity index (χ2v) is 5.44. The zero-order chi connectivity index (χ0) is 17.5. The smallest absolute Gasteiger partial charge is 0.331 e. The molecule has 124 valence electrons. The number of hydrogen-bond acceptors (Lipinski definition) is 4. The van der Waals surface area contributed by atoms with Gasteiger partial charge in [0.15, 0.2) is 12.4 Å². The first kappa shape index (κ1) is 17.5. The molecule has 0 atom stereocenters. The third kappa shape index (κ3) is 4.81. The van der Waals surface area contributed by atoms with Gasteiger partial charge >= 0.3 is 5.97 Å². The van der Waals surface area contributed by atoms with Crippen LogP contribution in [-0.4, -0.2) is 25.5 Å².